The highest BCUT2D eigenvalue weighted by molar-refractivity contribution is 7.94. The summed E-state index contributed by atoms with van der Waals surface area (Å²) in [7, 11) is -3.72. The summed E-state index contributed by atoms with van der Waals surface area (Å²) in [6.07, 6.45) is 0.851. The van der Waals surface area contributed by atoms with E-state index >= 15 is 0 Å². The van der Waals surface area contributed by atoms with E-state index in [0.29, 0.717) is 25.9 Å². The van der Waals surface area contributed by atoms with Gasteiger partial charge in [-0.25, -0.2) is 12.7 Å². The van der Waals surface area contributed by atoms with Crippen LogP contribution < -0.4 is 10.0 Å². The molecule has 2 heterocycles. The molecule has 2 N–H and O–H groups in total. The van der Waals surface area contributed by atoms with Crippen molar-refractivity contribution >= 4 is 45.0 Å². The molecule has 10 heteroatoms. The average Bonchev–Trinajstić information content (AvgIpc) is 2.88. The molecule has 0 spiro atoms. The zero-order valence-electron chi connectivity index (χ0n) is 13.9. The van der Waals surface area contributed by atoms with Gasteiger partial charge in [-0.3, -0.25) is 14.4 Å². The van der Waals surface area contributed by atoms with Crippen LogP contribution in [0.2, 0.25) is 5.02 Å². The predicted octanol–water partition coefficient (Wildman–Crippen LogP) is 0.744. The van der Waals surface area contributed by atoms with Gasteiger partial charge in [0.2, 0.25) is 21.8 Å². The first kappa shape index (κ1) is 18.7. The minimum absolute atomic E-state index is 0.0884. The van der Waals surface area contributed by atoms with Crippen molar-refractivity contribution < 1.29 is 22.8 Å². The number of carbonyl (C=O) groups is 3. The number of likely N-dealkylation sites (tertiary alicyclic amines) is 1. The molecule has 0 radical (unpaired) electrons. The first-order chi connectivity index (χ1) is 12.2. The van der Waals surface area contributed by atoms with Gasteiger partial charge in [0.05, 0.1) is 22.0 Å². The Labute approximate surface area is 155 Å². The molecule has 2 aliphatic rings. The van der Waals surface area contributed by atoms with Crippen LogP contribution in [-0.2, 0) is 19.6 Å². The number of nitrogens with two attached hydrogens (primary N) is 1. The van der Waals surface area contributed by atoms with E-state index in [1.54, 1.807) is 4.90 Å². The fourth-order valence-corrected chi connectivity index (χ4v) is 4.86. The van der Waals surface area contributed by atoms with Crippen LogP contribution in [-0.4, -0.2) is 49.9 Å². The average molecular weight is 400 g/mol. The summed E-state index contributed by atoms with van der Waals surface area (Å²) in [5, 5.41) is 0.166. The minimum atomic E-state index is -3.72. The van der Waals surface area contributed by atoms with Gasteiger partial charge in [-0.05, 0) is 31.0 Å². The third-order valence-corrected chi connectivity index (χ3v) is 6.70. The number of hydrogen-bond acceptors (Lipinski definition) is 5. The van der Waals surface area contributed by atoms with Gasteiger partial charge in [-0.15, -0.1) is 0 Å². The Kier molecular flexibility index (Phi) is 4.94. The number of rotatable bonds is 3. The number of benzene rings is 1. The van der Waals surface area contributed by atoms with Crippen molar-refractivity contribution in [3.05, 3.63) is 28.8 Å². The number of anilines is 1. The van der Waals surface area contributed by atoms with Crippen molar-refractivity contribution in [3.63, 3.8) is 0 Å². The SMILES string of the molecule is NC(=O)C1CCN(C(=O)c2cc(N3C(=O)CCS3(=O)=O)ccc2Cl)CC1. The Morgan fingerprint density at radius 1 is 1.19 bits per heavy atom. The summed E-state index contributed by atoms with van der Waals surface area (Å²) < 4.78 is 24.9. The van der Waals surface area contributed by atoms with Crippen molar-refractivity contribution in [1.82, 2.24) is 4.90 Å². The van der Waals surface area contributed by atoms with E-state index in [0.717, 1.165) is 4.31 Å². The monoisotopic (exact) mass is 399 g/mol. The largest absolute Gasteiger partial charge is 0.369 e. The lowest BCUT2D eigenvalue weighted by Crippen LogP contribution is -2.41. The van der Waals surface area contributed by atoms with Gasteiger partial charge in [0.25, 0.3) is 5.91 Å². The van der Waals surface area contributed by atoms with Gasteiger partial charge < -0.3 is 10.6 Å². The Balaban J connectivity index is 1.86. The predicted molar refractivity (Wildman–Crippen MR) is 95.2 cm³/mol. The molecule has 0 unspecified atom stereocenters. The molecule has 26 heavy (non-hydrogen) atoms. The van der Waals surface area contributed by atoms with E-state index in [4.69, 9.17) is 17.3 Å². The van der Waals surface area contributed by atoms with Gasteiger partial charge in [0.1, 0.15) is 0 Å². The number of nitrogens with zero attached hydrogens (tertiary/aromatic N) is 2. The first-order valence-corrected chi connectivity index (χ1v) is 10.1. The summed E-state index contributed by atoms with van der Waals surface area (Å²) in [6, 6.07) is 4.13. The minimum Gasteiger partial charge on any atom is -0.369 e. The molecule has 1 aromatic rings. The third kappa shape index (κ3) is 3.41. The Morgan fingerprint density at radius 2 is 1.85 bits per heavy atom. The zero-order valence-corrected chi connectivity index (χ0v) is 15.4. The van der Waals surface area contributed by atoms with Crippen molar-refractivity contribution in [2.45, 2.75) is 19.3 Å². The number of carbonyl (C=O) groups excluding carboxylic acids is 3. The van der Waals surface area contributed by atoms with Crippen LogP contribution >= 0.6 is 11.6 Å². The number of halogens is 1. The zero-order chi connectivity index (χ0) is 19.1. The number of piperidine rings is 1. The molecule has 0 aromatic heterocycles. The van der Waals surface area contributed by atoms with Gasteiger partial charge in [-0.1, -0.05) is 11.6 Å². The van der Waals surface area contributed by atoms with Gasteiger partial charge >= 0.3 is 0 Å². The molecule has 2 saturated heterocycles. The molecular weight excluding hydrogens is 382 g/mol. The van der Waals surface area contributed by atoms with E-state index in [1.165, 1.54) is 18.2 Å². The lowest BCUT2D eigenvalue weighted by molar-refractivity contribution is -0.123. The summed E-state index contributed by atoms with van der Waals surface area (Å²) >= 11 is 6.13. The van der Waals surface area contributed by atoms with Crippen LogP contribution in [0.5, 0.6) is 0 Å². The molecule has 0 bridgehead atoms. The fourth-order valence-electron chi connectivity index (χ4n) is 3.21. The smallest absolute Gasteiger partial charge is 0.255 e. The normalized spacial score (nSPS) is 20.4. The van der Waals surface area contributed by atoms with E-state index in [-0.39, 0.29) is 46.2 Å². The molecule has 0 saturated carbocycles. The quantitative estimate of drug-likeness (QED) is 0.804. The molecule has 0 aliphatic carbocycles. The van der Waals surface area contributed by atoms with Crippen molar-refractivity contribution in [2.75, 3.05) is 23.1 Å². The molecule has 3 amide bonds. The van der Waals surface area contributed by atoms with Crippen molar-refractivity contribution in [1.29, 1.82) is 0 Å². The Morgan fingerprint density at radius 3 is 2.38 bits per heavy atom. The maximum absolute atomic E-state index is 12.8. The van der Waals surface area contributed by atoms with E-state index in [2.05, 4.69) is 0 Å². The Bertz CT molecular complexity index is 878. The highest BCUT2D eigenvalue weighted by atomic mass is 35.5. The second kappa shape index (κ2) is 6.88. The standard InChI is InChI=1S/C16H18ClN3O5S/c17-13-2-1-11(20-14(21)5-8-26(20,24)25)9-12(13)16(23)19-6-3-10(4-7-19)15(18)22/h1-2,9-10H,3-8H2,(H2,18,22). The lowest BCUT2D eigenvalue weighted by atomic mass is 9.96. The molecule has 2 fully saturated rings. The number of hydrogen-bond donors (Lipinski definition) is 1. The van der Waals surface area contributed by atoms with Gasteiger partial charge in [0.15, 0.2) is 0 Å². The molecule has 140 valence electrons. The van der Waals surface area contributed by atoms with E-state index in [9.17, 15) is 22.8 Å². The third-order valence-electron chi connectivity index (χ3n) is 4.68. The lowest BCUT2D eigenvalue weighted by Gasteiger charge is -2.31. The van der Waals surface area contributed by atoms with Gasteiger partial charge in [0, 0.05) is 25.4 Å². The number of primary amides is 1. The molecule has 1 aromatic carbocycles. The number of sulfonamides is 1. The van der Waals surface area contributed by atoms with Crippen LogP contribution in [0.15, 0.2) is 18.2 Å². The molecular formula is C16H18ClN3O5S. The molecule has 0 atom stereocenters. The van der Waals surface area contributed by atoms with Crippen LogP contribution in [0.1, 0.15) is 29.6 Å². The fraction of sp³-hybridized carbons (Fsp3) is 0.438. The summed E-state index contributed by atoms with van der Waals surface area (Å²) in [5.74, 6) is -1.79. The first-order valence-electron chi connectivity index (χ1n) is 8.14. The van der Waals surface area contributed by atoms with Crippen LogP contribution in [0.3, 0.4) is 0 Å². The maximum Gasteiger partial charge on any atom is 0.255 e. The Hall–Kier alpha value is -2.13. The highest BCUT2D eigenvalue weighted by Crippen LogP contribution is 2.30. The van der Waals surface area contributed by atoms with Crippen LogP contribution in [0.25, 0.3) is 0 Å². The van der Waals surface area contributed by atoms with Crippen LogP contribution in [0.4, 0.5) is 5.69 Å². The second-order valence-electron chi connectivity index (χ2n) is 6.36. The summed E-state index contributed by atoms with van der Waals surface area (Å²) in [4.78, 5) is 37.5. The van der Waals surface area contributed by atoms with Gasteiger partial charge in [-0.2, -0.15) is 0 Å². The molecule has 8 nitrogen and oxygen atoms in total. The van der Waals surface area contributed by atoms with Crippen LogP contribution in [0, 0.1) is 5.92 Å². The summed E-state index contributed by atoms with van der Waals surface area (Å²) in [5.41, 5.74) is 5.52. The highest BCUT2D eigenvalue weighted by Gasteiger charge is 2.37. The van der Waals surface area contributed by atoms with E-state index < -0.39 is 15.9 Å². The number of amides is 3. The van der Waals surface area contributed by atoms with Crippen molar-refractivity contribution in [3.8, 4) is 0 Å². The maximum atomic E-state index is 12.8. The molecule has 3 rings (SSSR count). The van der Waals surface area contributed by atoms with Crippen molar-refractivity contribution in [2.24, 2.45) is 11.7 Å². The second-order valence-corrected chi connectivity index (χ2v) is 8.70. The topological polar surface area (TPSA) is 118 Å². The summed E-state index contributed by atoms with van der Waals surface area (Å²) in [6.45, 7) is 0.710. The molecule has 2 aliphatic heterocycles. The van der Waals surface area contributed by atoms with E-state index in [1.807, 2.05) is 0 Å².